The van der Waals surface area contributed by atoms with Gasteiger partial charge in [0.2, 0.25) is 5.52 Å². The number of H-pyrrole nitrogens is 2. The summed E-state index contributed by atoms with van der Waals surface area (Å²) in [6, 6.07) is 7.51. The summed E-state index contributed by atoms with van der Waals surface area (Å²) in [4.78, 5) is 36.6. The summed E-state index contributed by atoms with van der Waals surface area (Å²) >= 11 is 7.25. The SMILES string of the molecule is Cc1cc2[nH+]c(C(=O)N3CCN(S(=O)(=O)c4cc5cc(Cl)ccc5[nH]4)CC3CC(=O)O)sc2cn1.[I-]. The topological polar surface area (TPSA) is 138 Å². The number of amides is 1. The number of aryl methyl sites for hydroxylation is 1. The van der Waals surface area contributed by atoms with Gasteiger partial charge in [0.1, 0.15) is 9.73 Å². The normalized spacial score (nSPS) is 16.8. The van der Waals surface area contributed by atoms with Gasteiger partial charge < -0.3 is 39.0 Å². The molecule has 10 nitrogen and oxygen atoms in total. The third kappa shape index (κ3) is 5.07. The van der Waals surface area contributed by atoms with Gasteiger partial charge in [0, 0.05) is 47.3 Å². The van der Waals surface area contributed by atoms with Crippen molar-refractivity contribution in [3.8, 4) is 0 Å². The standard InChI is InChI=1S/C22H20ClN5O5S2.HI/c1-12-6-17-18(10-24-12)34-21(26-17)22(31)28-5-4-27(11-15(28)9-20(29)30)35(32,33)19-8-13-7-14(23)2-3-16(13)25-19;/h2-3,6-8,10,15,25H,4-5,9,11H2,1H3,(H,29,30);1H. The highest BCUT2D eigenvalue weighted by Gasteiger charge is 2.40. The molecule has 1 amide bonds. The van der Waals surface area contributed by atoms with Crippen molar-refractivity contribution in [2.75, 3.05) is 19.6 Å². The quantitative estimate of drug-likeness (QED) is 0.278. The number of rotatable bonds is 5. The maximum atomic E-state index is 13.4. The van der Waals surface area contributed by atoms with E-state index in [0.29, 0.717) is 20.9 Å². The Bertz CT molecular complexity index is 1590. The van der Waals surface area contributed by atoms with Crippen LogP contribution in [0.4, 0.5) is 0 Å². The molecule has 1 aliphatic heterocycles. The molecule has 1 aromatic carbocycles. The van der Waals surface area contributed by atoms with Crippen LogP contribution in [-0.2, 0) is 14.8 Å². The number of hydrogen-bond donors (Lipinski definition) is 2. The number of fused-ring (bicyclic) bond motifs is 2. The molecule has 5 rings (SSSR count). The summed E-state index contributed by atoms with van der Waals surface area (Å²) in [6.45, 7) is 1.80. The minimum atomic E-state index is -3.95. The first-order valence-electron chi connectivity index (χ1n) is 10.7. The van der Waals surface area contributed by atoms with Gasteiger partial charge in [-0.15, -0.1) is 0 Å². The van der Waals surface area contributed by atoms with Gasteiger partial charge in [-0.1, -0.05) is 22.9 Å². The molecule has 4 heterocycles. The van der Waals surface area contributed by atoms with Crippen LogP contribution < -0.4 is 29.0 Å². The molecule has 3 aromatic heterocycles. The van der Waals surface area contributed by atoms with Crippen molar-refractivity contribution in [3.63, 3.8) is 0 Å². The van der Waals surface area contributed by atoms with Gasteiger partial charge in [0.15, 0.2) is 0 Å². The van der Waals surface area contributed by atoms with Crippen LogP contribution in [0.3, 0.4) is 0 Å². The van der Waals surface area contributed by atoms with Crippen LogP contribution in [0.5, 0.6) is 0 Å². The third-order valence-corrected chi connectivity index (χ3v) is 9.00. The number of carboxylic acid groups (broad SMARTS) is 1. The van der Waals surface area contributed by atoms with Crippen LogP contribution in [0, 0.1) is 6.92 Å². The molecule has 0 radical (unpaired) electrons. The average Bonchev–Trinajstić information content (AvgIpc) is 3.42. The Morgan fingerprint density at radius 3 is 2.81 bits per heavy atom. The summed E-state index contributed by atoms with van der Waals surface area (Å²) in [5.74, 6) is -1.49. The first kappa shape index (κ1) is 26.7. The molecular weight excluding hydrogens is 641 g/mol. The van der Waals surface area contributed by atoms with Crippen LogP contribution in [0.2, 0.25) is 5.02 Å². The number of carbonyl (C=O) groups excluding carboxylic acids is 1. The number of aromatic amines is 2. The maximum Gasteiger partial charge on any atom is 0.330 e. The van der Waals surface area contributed by atoms with Crippen LogP contribution >= 0.6 is 22.9 Å². The van der Waals surface area contributed by atoms with Crippen LogP contribution in [0.15, 0.2) is 41.6 Å². The lowest BCUT2D eigenvalue weighted by Crippen LogP contribution is -3.00. The summed E-state index contributed by atoms with van der Waals surface area (Å²) in [7, 11) is -3.95. The number of nitrogens with zero attached hydrogens (tertiary/aromatic N) is 3. The molecule has 1 unspecified atom stereocenters. The predicted molar refractivity (Wildman–Crippen MR) is 130 cm³/mol. The summed E-state index contributed by atoms with van der Waals surface area (Å²) < 4.78 is 28.8. The molecule has 0 bridgehead atoms. The Labute approximate surface area is 232 Å². The van der Waals surface area contributed by atoms with Crippen molar-refractivity contribution < 1.29 is 52.1 Å². The van der Waals surface area contributed by atoms with Gasteiger partial charge in [-0.2, -0.15) is 9.29 Å². The second-order valence-electron chi connectivity index (χ2n) is 8.36. The van der Waals surface area contributed by atoms with E-state index in [1.165, 1.54) is 26.6 Å². The number of thiazole rings is 1. The fourth-order valence-corrected chi connectivity index (χ4v) is 6.83. The van der Waals surface area contributed by atoms with Crippen LogP contribution in [-0.4, -0.2) is 70.3 Å². The Morgan fingerprint density at radius 2 is 2.06 bits per heavy atom. The molecule has 190 valence electrons. The highest BCUT2D eigenvalue weighted by Crippen LogP contribution is 2.27. The summed E-state index contributed by atoms with van der Waals surface area (Å²) in [5, 5.41) is 10.9. The van der Waals surface area contributed by atoms with Gasteiger partial charge in [-0.25, -0.2) is 8.42 Å². The molecule has 0 saturated carbocycles. The van der Waals surface area contributed by atoms with Gasteiger partial charge >= 0.3 is 16.9 Å². The van der Waals surface area contributed by atoms with E-state index in [0.717, 1.165) is 15.9 Å². The molecule has 1 fully saturated rings. The third-order valence-electron chi connectivity index (χ3n) is 5.95. The summed E-state index contributed by atoms with van der Waals surface area (Å²) in [6.07, 6.45) is 1.29. The Balaban J connectivity index is 0.00000304. The lowest BCUT2D eigenvalue weighted by atomic mass is 10.1. The molecule has 14 heteroatoms. The first-order valence-corrected chi connectivity index (χ1v) is 13.3. The van der Waals surface area contributed by atoms with E-state index >= 15 is 0 Å². The number of pyridine rings is 1. The fourth-order valence-electron chi connectivity index (χ4n) is 4.26. The highest BCUT2D eigenvalue weighted by molar-refractivity contribution is 7.89. The first-order chi connectivity index (χ1) is 16.6. The largest absolute Gasteiger partial charge is 1.00 e. The molecular formula is C22H21ClIN5O5S2. The van der Waals surface area contributed by atoms with Crippen molar-refractivity contribution >= 4 is 66.0 Å². The van der Waals surface area contributed by atoms with Gasteiger partial charge in [0.25, 0.3) is 10.0 Å². The average molecular weight is 662 g/mol. The lowest BCUT2D eigenvalue weighted by molar-refractivity contribution is -0.343. The molecule has 0 spiro atoms. The molecule has 0 aliphatic carbocycles. The Morgan fingerprint density at radius 1 is 1.28 bits per heavy atom. The van der Waals surface area contributed by atoms with E-state index in [1.54, 1.807) is 24.4 Å². The molecule has 1 saturated heterocycles. The Kier molecular flexibility index (Phi) is 7.57. The van der Waals surface area contributed by atoms with Gasteiger partial charge in [0.05, 0.1) is 18.7 Å². The lowest BCUT2D eigenvalue weighted by Gasteiger charge is -2.39. The van der Waals surface area contributed by atoms with E-state index in [1.807, 2.05) is 13.0 Å². The zero-order valence-electron chi connectivity index (χ0n) is 18.9. The number of hydrogen-bond acceptors (Lipinski definition) is 6. The highest BCUT2D eigenvalue weighted by atomic mass is 127. The second kappa shape index (κ2) is 10.2. The number of aromatic nitrogens is 3. The molecule has 36 heavy (non-hydrogen) atoms. The van der Waals surface area contributed by atoms with Crippen molar-refractivity contribution in [3.05, 3.63) is 52.3 Å². The van der Waals surface area contributed by atoms with E-state index in [2.05, 4.69) is 15.0 Å². The molecule has 1 aliphatic rings. The van der Waals surface area contributed by atoms with Crippen molar-refractivity contribution in [2.24, 2.45) is 0 Å². The van der Waals surface area contributed by atoms with Gasteiger partial charge in [-0.3, -0.25) is 14.6 Å². The van der Waals surface area contributed by atoms with Crippen LogP contribution in [0.25, 0.3) is 21.1 Å². The minimum Gasteiger partial charge on any atom is -1.00 e. The van der Waals surface area contributed by atoms with Crippen molar-refractivity contribution in [1.82, 2.24) is 19.2 Å². The number of nitrogens with one attached hydrogen (secondary N) is 2. The second-order valence-corrected chi connectivity index (χ2v) is 11.8. The number of aliphatic carboxylic acids is 1. The smallest absolute Gasteiger partial charge is 0.330 e. The Hall–Kier alpha value is -2.33. The summed E-state index contributed by atoms with van der Waals surface area (Å²) in [5.41, 5.74) is 2.18. The number of halogens is 2. The zero-order valence-corrected chi connectivity index (χ0v) is 23.4. The number of carboxylic acids is 1. The minimum absolute atomic E-state index is 0. The van der Waals surface area contributed by atoms with Crippen LogP contribution in [0.1, 0.15) is 21.9 Å². The number of benzene rings is 1. The van der Waals surface area contributed by atoms with E-state index < -0.39 is 22.0 Å². The van der Waals surface area contributed by atoms with E-state index in [4.69, 9.17) is 11.6 Å². The fraction of sp³-hybridized carbons (Fsp3) is 0.273. The van der Waals surface area contributed by atoms with Crippen molar-refractivity contribution in [1.29, 1.82) is 0 Å². The molecule has 4 aromatic rings. The number of piperazine rings is 1. The van der Waals surface area contributed by atoms with Crippen molar-refractivity contribution in [2.45, 2.75) is 24.4 Å². The van der Waals surface area contributed by atoms with Gasteiger partial charge in [-0.05, 0) is 31.2 Å². The molecule has 1 atom stereocenters. The van der Waals surface area contributed by atoms with E-state index in [-0.39, 0.29) is 61.0 Å². The maximum absolute atomic E-state index is 13.4. The van der Waals surface area contributed by atoms with E-state index in [9.17, 15) is 23.1 Å². The predicted octanol–water partition coefficient (Wildman–Crippen LogP) is -0.452. The monoisotopic (exact) mass is 661 g/mol. The number of carbonyl (C=O) groups is 2. The molecule has 3 N–H and O–H groups in total. The zero-order chi connectivity index (χ0) is 24.9. The number of sulfonamides is 1.